The van der Waals surface area contributed by atoms with Crippen molar-refractivity contribution in [1.82, 2.24) is 0 Å². The summed E-state index contributed by atoms with van der Waals surface area (Å²) in [6.07, 6.45) is 3.11. The van der Waals surface area contributed by atoms with E-state index < -0.39 is 4.92 Å². The molecule has 20 heavy (non-hydrogen) atoms. The van der Waals surface area contributed by atoms with Gasteiger partial charge in [0.25, 0.3) is 5.69 Å². The summed E-state index contributed by atoms with van der Waals surface area (Å²) in [5.41, 5.74) is 1.42. The molecule has 1 N–H and O–H groups in total. The molecule has 0 radical (unpaired) electrons. The second-order valence-corrected chi connectivity index (χ2v) is 4.04. The van der Waals surface area contributed by atoms with Crippen LogP contribution in [0.25, 0.3) is 6.08 Å². The molecule has 5 heteroatoms. The Morgan fingerprint density at radius 1 is 1.05 bits per heavy atom. The maximum absolute atomic E-state index is 11.7. The van der Waals surface area contributed by atoms with Crippen LogP contribution in [0.4, 0.5) is 11.4 Å². The summed E-state index contributed by atoms with van der Waals surface area (Å²) in [6.45, 7) is 0. The van der Waals surface area contributed by atoms with Gasteiger partial charge in [0, 0.05) is 23.9 Å². The number of hydrogen-bond acceptors (Lipinski definition) is 3. The van der Waals surface area contributed by atoms with Gasteiger partial charge < -0.3 is 5.32 Å². The number of nitrogens with one attached hydrogen (secondary N) is 1. The van der Waals surface area contributed by atoms with Gasteiger partial charge >= 0.3 is 0 Å². The van der Waals surface area contributed by atoms with Crippen LogP contribution >= 0.6 is 0 Å². The van der Waals surface area contributed by atoms with Crippen molar-refractivity contribution in [3.63, 3.8) is 0 Å². The highest BCUT2D eigenvalue weighted by atomic mass is 16.6. The molecule has 0 fully saturated rings. The third-order valence-electron chi connectivity index (χ3n) is 2.57. The van der Waals surface area contributed by atoms with Gasteiger partial charge in [0.2, 0.25) is 5.91 Å². The van der Waals surface area contributed by atoms with E-state index in [0.717, 1.165) is 5.56 Å². The van der Waals surface area contributed by atoms with Gasteiger partial charge in [0.15, 0.2) is 0 Å². The third kappa shape index (κ3) is 3.78. The van der Waals surface area contributed by atoms with Crippen molar-refractivity contribution in [2.75, 3.05) is 5.32 Å². The van der Waals surface area contributed by atoms with E-state index in [4.69, 9.17) is 0 Å². The molecule has 0 heterocycles. The van der Waals surface area contributed by atoms with Crippen LogP contribution in [0.3, 0.4) is 0 Å². The summed E-state index contributed by atoms with van der Waals surface area (Å²) >= 11 is 0. The van der Waals surface area contributed by atoms with Crippen molar-refractivity contribution in [3.05, 3.63) is 76.4 Å². The maximum Gasteiger partial charge on any atom is 0.269 e. The van der Waals surface area contributed by atoms with Gasteiger partial charge in [-0.15, -0.1) is 0 Å². The van der Waals surface area contributed by atoms with Crippen molar-refractivity contribution < 1.29 is 9.72 Å². The molecule has 0 bridgehead atoms. The molecule has 0 atom stereocenters. The highest BCUT2D eigenvalue weighted by molar-refractivity contribution is 6.01. The number of carbonyl (C=O) groups is 1. The number of nitro benzene ring substituents is 1. The van der Waals surface area contributed by atoms with E-state index in [1.165, 1.54) is 30.3 Å². The van der Waals surface area contributed by atoms with Gasteiger partial charge in [-0.2, -0.15) is 0 Å². The van der Waals surface area contributed by atoms with Crippen molar-refractivity contribution in [2.24, 2.45) is 0 Å². The summed E-state index contributed by atoms with van der Waals surface area (Å²) in [7, 11) is 0. The van der Waals surface area contributed by atoms with Gasteiger partial charge in [0.05, 0.1) is 4.92 Å². The van der Waals surface area contributed by atoms with Crippen LogP contribution in [0.1, 0.15) is 5.56 Å². The Balaban J connectivity index is 1.98. The van der Waals surface area contributed by atoms with Gasteiger partial charge in [-0.3, -0.25) is 14.9 Å². The average molecular weight is 268 g/mol. The van der Waals surface area contributed by atoms with E-state index in [-0.39, 0.29) is 11.6 Å². The van der Waals surface area contributed by atoms with Crippen LogP contribution in [-0.2, 0) is 4.79 Å². The Morgan fingerprint density at radius 2 is 1.70 bits per heavy atom. The fourth-order valence-corrected chi connectivity index (χ4v) is 1.59. The summed E-state index contributed by atoms with van der Waals surface area (Å²) in [5, 5.41) is 13.1. The van der Waals surface area contributed by atoms with Gasteiger partial charge in [-0.25, -0.2) is 0 Å². The Hall–Kier alpha value is -2.95. The highest BCUT2D eigenvalue weighted by Crippen LogP contribution is 2.15. The normalized spacial score (nSPS) is 10.4. The zero-order chi connectivity index (χ0) is 14.4. The van der Waals surface area contributed by atoms with Crippen LogP contribution in [0.15, 0.2) is 60.7 Å². The number of non-ortho nitro benzene ring substituents is 1. The maximum atomic E-state index is 11.7. The summed E-state index contributed by atoms with van der Waals surface area (Å²) in [6, 6.07) is 15.1. The SMILES string of the molecule is O=C(/C=C/c1ccccc1)Nc1ccc([N+](=O)[O-])cc1. The molecule has 1 amide bonds. The van der Waals surface area contributed by atoms with Crippen molar-refractivity contribution in [1.29, 1.82) is 0 Å². The predicted octanol–water partition coefficient (Wildman–Crippen LogP) is 3.25. The van der Waals surface area contributed by atoms with Crippen molar-refractivity contribution in [2.45, 2.75) is 0 Å². The largest absolute Gasteiger partial charge is 0.323 e. The van der Waals surface area contributed by atoms with Crippen LogP contribution < -0.4 is 5.32 Å². The molecule has 0 aliphatic carbocycles. The van der Waals surface area contributed by atoms with Gasteiger partial charge in [0.1, 0.15) is 0 Å². The molecule has 0 unspecified atom stereocenters. The summed E-state index contributed by atoms with van der Waals surface area (Å²) < 4.78 is 0. The molecule has 0 spiro atoms. The molecule has 0 aliphatic rings. The average Bonchev–Trinajstić information content (AvgIpc) is 2.47. The lowest BCUT2D eigenvalue weighted by atomic mass is 10.2. The quantitative estimate of drug-likeness (QED) is 0.525. The van der Waals surface area contributed by atoms with Crippen LogP contribution in [0, 0.1) is 10.1 Å². The van der Waals surface area contributed by atoms with Gasteiger partial charge in [-0.05, 0) is 23.8 Å². The molecular weight excluding hydrogens is 256 g/mol. The number of carbonyl (C=O) groups excluding carboxylic acids is 1. The van der Waals surface area contributed by atoms with E-state index in [9.17, 15) is 14.9 Å². The van der Waals surface area contributed by atoms with Gasteiger partial charge in [-0.1, -0.05) is 30.3 Å². The topological polar surface area (TPSA) is 72.2 Å². The van der Waals surface area contributed by atoms with E-state index in [1.54, 1.807) is 6.08 Å². The fourth-order valence-electron chi connectivity index (χ4n) is 1.59. The monoisotopic (exact) mass is 268 g/mol. The van der Waals surface area contributed by atoms with E-state index in [2.05, 4.69) is 5.32 Å². The molecule has 100 valence electrons. The standard InChI is InChI=1S/C15H12N2O3/c18-15(11-6-12-4-2-1-3-5-12)16-13-7-9-14(10-8-13)17(19)20/h1-11H,(H,16,18)/b11-6+. The number of benzene rings is 2. The molecule has 2 aromatic carbocycles. The summed E-state index contributed by atoms with van der Waals surface area (Å²) in [5.74, 6) is -0.289. The first kappa shape index (κ1) is 13.5. The number of anilines is 1. The second kappa shape index (κ2) is 6.29. The minimum absolute atomic E-state index is 0.0113. The Morgan fingerprint density at radius 3 is 2.30 bits per heavy atom. The fraction of sp³-hybridized carbons (Fsp3) is 0. The number of nitrogens with zero attached hydrogens (tertiary/aromatic N) is 1. The zero-order valence-corrected chi connectivity index (χ0v) is 10.5. The number of rotatable bonds is 4. The summed E-state index contributed by atoms with van der Waals surface area (Å²) in [4.78, 5) is 21.7. The van der Waals surface area contributed by atoms with E-state index >= 15 is 0 Å². The molecular formula is C15H12N2O3. The van der Waals surface area contributed by atoms with E-state index in [0.29, 0.717) is 5.69 Å². The van der Waals surface area contributed by atoms with Crippen molar-refractivity contribution in [3.8, 4) is 0 Å². The van der Waals surface area contributed by atoms with Crippen LogP contribution in [-0.4, -0.2) is 10.8 Å². The van der Waals surface area contributed by atoms with Crippen LogP contribution in [0.2, 0.25) is 0 Å². The number of amides is 1. The molecule has 0 aliphatic heterocycles. The lowest BCUT2D eigenvalue weighted by Crippen LogP contribution is -2.07. The lowest BCUT2D eigenvalue weighted by Gasteiger charge is -2.01. The molecule has 0 aromatic heterocycles. The minimum atomic E-state index is -0.485. The molecule has 2 aromatic rings. The first-order valence-corrected chi connectivity index (χ1v) is 5.94. The smallest absolute Gasteiger partial charge is 0.269 e. The van der Waals surface area contributed by atoms with Crippen molar-refractivity contribution >= 4 is 23.4 Å². The predicted molar refractivity (Wildman–Crippen MR) is 77.2 cm³/mol. The molecule has 2 rings (SSSR count). The Bertz CT molecular complexity index is 634. The highest BCUT2D eigenvalue weighted by Gasteiger charge is 2.04. The minimum Gasteiger partial charge on any atom is -0.323 e. The van der Waals surface area contributed by atoms with Crippen LogP contribution in [0.5, 0.6) is 0 Å². The lowest BCUT2D eigenvalue weighted by molar-refractivity contribution is -0.384. The second-order valence-electron chi connectivity index (χ2n) is 4.04. The first-order valence-electron chi connectivity index (χ1n) is 5.94. The number of hydrogen-bond donors (Lipinski definition) is 1. The Kier molecular flexibility index (Phi) is 4.24. The zero-order valence-electron chi connectivity index (χ0n) is 10.5. The van der Waals surface area contributed by atoms with E-state index in [1.807, 2.05) is 30.3 Å². The first-order chi connectivity index (χ1) is 9.65. The number of nitro groups is 1. The third-order valence-corrected chi connectivity index (χ3v) is 2.57. The molecule has 5 nitrogen and oxygen atoms in total. The molecule has 0 saturated heterocycles. The molecule has 0 saturated carbocycles. The Labute approximate surface area is 115 Å².